The molecule has 0 bridgehead atoms. The van der Waals surface area contributed by atoms with Gasteiger partial charge >= 0.3 is 0 Å². The van der Waals surface area contributed by atoms with Gasteiger partial charge in [0.1, 0.15) is 5.75 Å². The van der Waals surface area contributed by atoms with Gasteiger partial charge in [-0.1, -0.05) is 67.0 Å². The first-order chi connectivity index (χ1) is 12.5. The fraction of sp³-hybridized carbons (Fsp3) is 0.136. The van der Waals surface area contributed by atoms with E-state index in [1.165, 1.54) is 15.9 Å². The molecule has 0 aliphatic heterocycles. The molecule has 0 N–H and O–H groups in total. The molecule has 0 fully saturated rings. The van der Waals surface area contributed by atoms with Gasteiger partial charge in [-0.3, -0.25) is 4.52 Å². The third kappa shape index (κ3) is 3.88. The van der Waals surface area contributed by atoms with Gasteiger partial charge in [0.15, 0.2) is 0 Å². The van der Waals surface area contributed by atoms with Crippen molar-refractivity contribution in [2.45, 2.75) is 0 Å². The Morgan fingerprint density at radius 1 is 0.692 bits per heavy atom. The molecule has 0 radical (unpaired) electrons. The third-order valence-electron chi connectivity index (χ3n) is 4.08. The summed E-state index contributed by atoms with van der Waals surface area (Å²) in [6.45, 7) is 4.36. The highest BCUT2D eigenvalue weighted by Crippen LogP contribution is 2.56. The highest BCUT2D eigenvalue weighted by Gasteiger charge is 2.28. The van der Waals surface area contributed by atoms with Crippen LogP contribution in [0.1, 0.15) is 0 Å². The summed E-state index contributed by atoms with van der Waals surface area (Å²) < 4.78 is 10.8. The molecule has 0 saturated heterocycles. The maximum absolute atomic E-state index is 5.48. The van der Waals surface area contributed by atoms with Crippen molar-refractivity contribution in [2.75, 3.05) is 20.4 Å². The second-order valence-electron chi connectivity index (χ2n) is 6.72. The number of hydrogen-bond acceptors (Lipinski definition) is 2. The van der Waals surface area contributed by atoms with Crippen molar-refractivity contribution in [1.29, 1.82) is 0 Å². The van der Waals surface area contributed by atoms with Crippen molar-refractivity contribution < 1.29 is 4.74 Å². The predicted octanol–water partition coefficient (Wildman–Crippen LogP) is 4.80. The molecule has 0 aromatic heterocycles. The number of methoxy groups -OCH3 is 1. The van der Waals surface area contributed by atoms with Crippen molar-refractivity contribution in [3.63, 3.8) is 0 Å². The Hall–Kier alpha value is -2.01. The van der Waals surface area contributed by atoms with Gasteiger partial charge in [0.25, 0.3) is 0 Å². The molecule has 3 aromatic carbocycles. The Kier molecular flexibility index (Phi) is 5.56. The second kappa shape index (κ2) is 7.70. The zero-order valence-electron chi connectivity index (χ0n) is 15.5. The molecule has 0 aliphatic carbocycles. The first-order valence-electron chi connectivity index (χ1n) is 8.54. The van der Waals surface area contributed by atoms with Crippen molar-refractivity contribution >= 4 is 36.3 Å². The van der Waals surface area contributed by atoms with Gasteiger partial charge in [-0.25, -0.2) is 0 Å². The highest BCUT2D eigenvalue weighted by atomic mass is 31.2. The van der Waals surface area contributed by atoms with Gasteiger partial charge in [-0.15, -0.1) is 0 Å². The third-order valence-corrected chi connectivity index (χ3v) is 10.2. The van der Waals surface area contributed by atoms with E-state index in [1.807, 2.05) is 12.1 Å². The summed E-state index contributed by atoms with van der Waals surface area (Å²) in [5, 5.41) is 3.74. The maximum Gasteiger partial charge on any atom is 0.118 e. The molecule has 0 atom stereocenters. The Labute approximate surface area is 157 Å². The van der Waals surface area contributed by atoms with E-state index in [-0.39, 0.29) is 0 Å². The zero-order valence-corrected chi connectivity index (χ0v) is 17.3. The largest absolute Gasteiger partial charge is 0.497 e. The molecule has 2 nitrogen and oxygen atoms in total. The van der Waals surface area contributed by atoms with Crippen molar-refractivity contribution in [1.82, 2.24) is 0 Å². The second-order valence-corrected chi connectivity index (χ2v) is 13.5. The number of ether oxygens (including phenoxy) is 1. The SMILES string of the molecule is C=P(C)(C)N=P(c1ccccc1)(c1ccccc1)c1ccc(OC)cc1. The molecule has 3 rings (SSSR count). The fourth-order valence-corrected chi connectivity index (χ4v) is 9.88. The van der Waals surface area contributed by atoms with E-state index in [9.17, 15) is 0 Å². The quantitative estimate of drug-likeness (QED) is 0.582. The van der Waals surface area contributed by atoms with Crippen LogP contribution in [0.15, 0.2) is 89.4 Å². The van der Waals surface area contributed by atoms with E-state index in [2.05, 4.69) is 92.4 Å². The normalized spacial score (nSPS) is 11.8. The Bertz CT molecular complexity index is 915. The van der Waals surface area contributed by atoms with Crippen LogP contribution in [0.25, 0.3) is 0 Å². The van der Waals surface area contributed by atoms with Crippen LogP contribution in [-0.4, -0.2) is 26.7 Å². The van der Waals surface area contributed by atoms with Crippen LogP contribution in [-0.2, 0) is 0 Å². The lowest BCUT2D eigenvalue weighted by atomic mass is 10.3. The summed E-state index contributed by atoms with van der Waals surface area (Å²) in [5.74, 6) is 0.858. The highest BCUT2D eigenvalue weighted by molar-refractivity contribution is 7.92. The first kappa shape index (κ1) is 18.8. The molecule has 3 aromatic rings. The van der Waals surface area contributed by atoms with E-state index in [0.29, 0.717) is 0 Å². The lowest BCUT2D eigenvalue weighted by Crippen LogP contribution is -2.25. The van der Waals surface area contributed by atoms with Crippen LogP contribution in [0.4, 0.5) is 0 Å². The Morgan fingerprint density at radius 2 is 1.12 bits per heavy atom. The summed E-state index contributed by atoms with van der Waals surface area (Å²) in [4.78, 5) is 0. The number of hydrogen-bond donors (Lipinski definition) is 0. The minimum absolute atomic E-state index is 0.858. The van der Waals surface area contributed by atoms with Crippen LogP contribution in [0.5, 0.6) is 5.75 Å². The molecule has 0 amide bonds. The van der Waals surface area contributed by atoms with Crippen molar-refractivity contribution in [3.05, 3.63) is 84.9 Å². The summed E-state index contributed by atoms with van der Waals surface area (Å²) >= 11 is 0. The summed E-state index contributed by atoms with van der Waals surface area (Å²) in [5.41, 5.74) is 0. The summed E-state index contributed by atoms with van der Waals surface area (Å²) in [6.07, 6.45) is 4.41. The van der Waals surface area contributed by atoms with E-state index in [0.717, 1.165) is 5.75 Å². The minimum Gasteiger partial charge on any atom is -0.497 e. The predicted molar refractivity (Wildman–Crippen MR) is 120 cm³/mol. The number of nitrogens with zero attached hydrogens (tertiary/aromatic N) is 1. The smallest absolute Gasteiger partial charge is 0.118 e. The number of benzene rings is 3. The van der Waals surface area contributed by atoms with Gasteiger partial charge in [0.2, 0.25) is 0 Å². The van der Waals surface area contributed by atoms with E-state index < -0.39 is 14.1 Å². The van der Waals surface area contributed by atoms with Crippen LogP contribution in [0, 0.1) is 0 Å². The van der Waals surface area contributed by atoms with E-state index >= 15 is 0 Å². The van der Waals surface area contributed by atoms with Crippen LogP contribution < -0.4 is 20.7 Å². The molecule has 4 heteroatoms. The van der Waals surface area contributed by atoms with Gasteiger partial charge in [0.05, 0.1) is 14.2 Å². The fourth-order valence-electron chi connectivity index (χ4n) is 3.05. The molecule has 134 valence electrons. The van der Waals surface area contributed by atoms with Gasteiger partial charge in [-0.2, -0.15) is 0 Å². The number of rotatable bonds is 5. The summed E-state index contributed by atoms with van der Waals surface area (Å²) in [6, 6.07) is 29.7. The lowest BCUT2D eigenvalue weighted by Gasteiger charge is -2.29. The van der Waals surface area contributed by atoms with Crippen molar-refractivity contribution in [3.8, 4) is 5.75 Å². The van der Waals surface area contributed by atoms with Gasteiger partial charge in [0, 0.05) is 15.9 Å². The molecular formula is C22H25NOP2. The molecule has 0 aliphatic rings. The minimum atomic E-state index is -2.15. The average Bonchev–Trinajstić information content (AvgIpc) is 2.67. The van der Waals surface area contributed by atoms with Gasteiger partial charge < -0.3 is 4.74 Å². The topological polar surface area (TPSA) is 21.6 Å². The molecule has 26 heavy (non-hydrogen) atoms. The first-order valence-corrected chi connectivity index (χ1v) is 13.1. The molecule has 0 heterocycles. The summed E-state index contributed by atoms with van der Waals surface area (Å²) in [7, 11) is -2.11. The van der Waals surface area contributed by atoms with Gasteiger partial charge in [-0.05, 0) is 44.6 Å². The molecule has 0 saturated carbocycles. The van der Waals surface area contributed by atoms with Crippen LogP contribution in [0.2, 0.25) is 0 Å². The Balaban J connectivity index is 2.43. The average molecular weight is 381 g/mol. The Morgan fingerprint density at radius 3 is 1.50 bits per heavy atom. The van der Waals surface area contributed by atoms with E-state index in [1.54, 1.807) is 7.11 Å². The molecule has 0 spiro atoms. The molecule has 0 unspecified atom stereocenters. The standard InChI is InChI=1S/C22H25NOP2/c1-24-19-15-17-22(18-16-19)26(23-25(2,3)4,20-11-7-5-8-12-20)21-13-9-6-10-14-21/h5-18H,2H2,1,3-4H3. The maximum atomic E-state index is 5.48. The lowest BCUT2D eigenvalue weighted by molar-refractivity contribution is 0.415. The van der Waals surface area contributed by atoms with Crippen molar-refractivity contribution in [2.24, 2.45) is 4.52 Å². The molecular weight excluding hydrogens is 356 g/mol. The van der Waals surface area contributed by atoms with Crippen LogP contribution >= 0.6 is 14.1 Å². The van der Waals surface area contributed by atoms with Crippen LogP contribution in [0.3, 0.4) is 0 Å². The monoisotopic (exact) mass is 381 g/mol. The van der Waals surface area contributed by atoms with E-state index in [4.69, 9.17) is 9.25 Å². The zero-order chi connectivity index (χ0) is 18.6.